The van der Waals surface area contributed by atoms with Gasteiger partial charge in [0.15, 0.2) is 0 Å². The number of hydrogen-bond acceptors (Lipinski definition) is 2. The molecule has 1 aromatic carbocycles. The van der Waals surface area contributed by atoms with Crippen LogP contribution in [0.25, 0.3) is 0 Å². The van der Waals surface area contributed by atoms with Gasteiger partial charge in [-0.25, -0.2) is 0 Å². The monoisotopic (exact) mass is 253 g/mol. The molecule has 0 radical (unpaired) electrons. The average molecular weight is 254 g/mol. The molecule has 2 unspecified atom stereocenters. The Bertz CT molecular complexity index is 348. The smallest absolute Gasteiger partial charge is 0.0794 e. The Morgan fingerprint density at radius 1 is 1.35 bits per heavy atom. The number of hydrogen-bond donors (Lipinski definition) is 1. The highest BCUT2D eigenvalue weighted by Gasteiger charge is 2.37. The van der Waals surface area contributed by atoms with E-state index in [9.17, 15) is 0 Å². The van der Waals surface area contributed by atoms with Crippen molar-refractivity contribution in [2.75, 3.05) is 13.7 Å². The maximum atomic E-state index is 5.93. The van der Waals surface area contributed by atoms with Crippen molar-refractivity contribution in [1.29, 1.82) is 0 Å². The van der Waals surface area contributed by atoms with Gasteiger partial charge in [0.05, 0.1) is 12.1 Å². The van der Waals surface area contributed by atoms with Crippen molar-refractivity contribution in [3.63, 3.8) is 0 Å². The van der Waals surface area contributed by atoms with E-state index in [0.717, 1.165) is 11.6 Å². The van der Waals surface area contributed by atoms with E-state index in [4.69, 9.17) is 16.3 Å². The predicted molar refractivity (Wildman–Crippen MR) is 71.4 cm³/mol. The number of likely N-dealkylation sites (N-methyl/N-ethyl adjacent to an activating group) is 1. The lowest BCUT2D eigenvalue weighted by atomic mass is 9.98. The van der Waals surface area contributed by atoms with Crippen LogP contribution < -0.4 is 5.32 Å². The van der Waals surface area contributed by atoms with E-state index in [1.165, 1.54) is 18.4 Å². The third-order valence-electron chi connectivity index (χ3n) is 3.34. The highest BCUT2D eigenvalue weighted by Crippen LogP contribution is 2.39. The SMILES string of the molecule is CCNC(c1ccc(Cl)cc1)C(OC)C1CC1. The van der Waals surface area contributed by atoms with Gasteiger partial charge in [0.25, 0.3) is 0 Å². The van der Waals surface area contributed by atoms with Crippen LogP contribution in [0.5, 0.6) is 0 Å². The van der Waals surface area contributed by atoms with Crippen LogP contribution in [0.3, 0.4) is 0 Å². The Kier molecular flexibility index (Phi) is 4.43. The number of rotatable bonds is 6. The Hall–Kier alpha value is -0.570. The van der Waals surface area contributed by atoms with Crippen molar-refractivity contribution in [2.45, 2.75) is 31.9 Å². The van der Waals surface area contributed by atoms with Crippen LogP contribution in [0, 0.1) is 5.92 Å². The zero-order valence-corrected chi connectivity index (χ0v) is 11.2. The minimum Gasteiger partial charge on any atom is -0.379 e. The molecule has 2 rings (SSSR count). The van der Waals surface area contributed by atoms with Crippen LogP contribution in [0.15, 0.2) is 24.3 Å². The fourth-order valence-corrected chi connectivity index (χ4v) is 2.47. The summed E-state index contributed by atoms with van der Waals surface area (Å²) in [7, 11) is 1.81. The Labute approximate surface area is 108 Å². The molecule has 0 aromatic heterocycles. The molecule has 2 atom stereocenters. The van der Waals surface area contributed by atoms with Gasteiger partial charge in [-0.3, -0.25) is 0 Å². The molecule has 0 saturated heterocycles. The zero-order chi connectivity index (χ0) is 12.3. The molecule has 3 heteroatoms. The first-order chi connectivity index (χ1) is 8.26. The van der Waals surface area contributed by atoms with Gasteiger partial charge in [0.2, 0.25) is 0 Å². The van der Waals surface area contributed by atoms with Gasteiger partial charge in [-0.15, -0.1) is 0 Å². The second kappa shape index (κ2) is 5.85. The second-order valence-electron chi connectivity index (χ2n) is 4.62. The lowest BCUT2D eigenvalue weighted by Gasteiger charge is -2.27. The minimum atomic E-state index is 0.273. The summed E-state index contributed by atoms with van der Waals surface area (Å²) < 4.78 is 5.68. The first-order valence-corrected chi connectivity index (χ1v) is 6.65. The van der Waals surface area contributed by atoms with Crippen molar-refractivity contribution in [3.8, 4) is 0 Å². The van der Waals surface area contributed by atoms with Crippen molar-refractivity contribution in [1.82, 2.24) is 5.32 Å². The summed E-state index contributed by atoms with van der Waals surface area (Å²) in [5.41, 5.74) is 1.26. The van der Waals surface area contributed by atoms with E-state index in [1.54, 1.807) is 0 Å². The minimum absolute atomic E-state index is 0.273. The quantitative estimate of drug-likeness (QED) is 0.839. The number of halogens is 1. The first kappa shape index (κ1) is 12.9. The lowest BCUT2D eigenvalue weighted by Crippen LogP contribution is -2.34. The molecular formula is C14H20ClNO. The molecule has 0 amide bonds. The van der Waals surface area contributed by atoms with Crippen molar-refractivity contribution >= 4 is 11.6 Å². The number of nitrogens with one attached hydrogen (secondary N) is 1. The van der Waals surface area contributed by atoms with Gasteiger partial charge < -0.3 is 10.1 Å². The normalized spacial score (nSPS) is 19.0. The molecule has 2 nitrogen and oxygen atoms in total. The molecule has 0 bridgehead atoms. The van der Waals surface area contributed by atoms with Crippen molar-refractivity contribution in [2.24, 2.45) is 5.92 Å². The van der Waals surface area contributed by atoms with Gasteiger partial charge in [-0.05, 0) is 43.0 Å². The van der Waals surface area contributed by atoms with Crippen LogP contribution >= 0.6 is 11.6 Å². The van der Waals surface area contributed by atoms with Crippen LogP contribution in [-0.4, -0.2) is 19.8 Å². The molecule has 1 N–H and O–H groups in total. The molecule has 0 heterocycles. The van der Waals surface area contributed by atoms with Crippen molar-refractivity contribution < 1.29 is 4.74 Å². The Balaban J connectivity index is 2.17. The summed E-state index contributed by atoms with van der Waals surface area (Å²) in [6.45, 7) is 3.07. The number of methoxy groups -OCH3 is 1. The maximum absolute atomic E-state index is 5.93. The summed E-state index contributed by atoms with van der Waals surface area (Å²) >= 11 is 5.93. The summed E-state index contributed by atoms with van der Waals surface area (Å²) in [5, 5.41) is 4.30. The summed E-state index contributed by atoms with van der Waals surface area (Å²) in [4.78, 5) is 0. The molecule has 94 valence electrons. The van der Waals surface area contributed by atoms with Gasteiger partial charge in [0, 0.05) is 12.1 Å². The molecule has 0 aliphatic heterocycles. The molecule has 1 fully saturated rings. The zero-order valence-electron chi connectivity index (χ0n) is 10.4. The third kappa shape index (κ3) is 3.21. The van der Waals surface area contributed by atoms with Crippen LogP contribution in [-0.2, 0) is 4.74 Å². The van der Waals surface area contributed by atoms with Crippen molar-refractivity contribution in [3.05, 3.63) is 34.9 Å². The summed E-state index contributed by atoms with van der Waals surface area (Å²) in [6, 6.07) is 8.34. The summed E-state index contributed by atoms with van der Waals surface area (Å²) in [6.07, 6.45) is 2.85. The van der Waals surface area contributed by atoms with E-state index in [1.807, 2.05) is 19.2 Å². The first-order valence-electron chi connectivity index (χ1n) is 6.28. The van der Waals surface area contributed by atoms with Gasteiger partial charge in [0.1, 0.15) is 0 Å². The topological polar surface area (TPSA) is 21.3 Å². The fraction of sp³-hybridized carbons (Fsp3) is 0.571. The predicted octanol–water partition coefficient (Wildman–Crippen LogP) is 3.42. The van der Waals surface area contributed by atoms with Crippen LogP contribution in [0.2, 0.25) is 5.02 Å². The molecule has 17 heavy (non-hydrogen) atoms. The standard InChI is InChI=1S/C14H20ClNO/c1-3-16-13(14(17-2)11-4-5-11)10-6-8-12(15)9-7-10/h6-9,11,13-14,16H,3-5H2,1-2H3. The maximum Gasteiger partial charge on any atom is 0.0794 e. The number of ether oxygens (including phenoxy) is 1. The van der Waals surface area contributed by atoms with Crippen LogP contribution in [0.4, 0.5) is 0 Å². The lowest BCUT2D eigenvalue weighted by molar-refractivity contribution is 0.0512. The second-order valence-corrected chi connectivity index (χ2v) is 5.06. The van der Waals surface area contributed by atoms with E-state index >= 15 is 0 Å². The average Bonchev–Trinajstić information content (AvgIpc) is 3.15. The molecular weight excluding hydrogens is 234 g/mol. The van der Waals surface area contributed by atoms with Crippen LogP contribution in [0.1, 0.15) is 31.4 Å². The molecule has 1 aromatic rings. The molecule has 1 aliphatic rings. The highest BCUT2D eigenvalue weighted by molar-refractivity contribution is 6.30. The number of benzene rings is 1. The third-order valence-corrected chi connectivity index (χ3v) is 3.59. The van der Waals surface area contributed by atoms with Gasteiger partial charge >= 0.3 is 0 Å². The molecule has 1 aliphatic carbocycles. The van der Waals surface area contributed by atoms with E-state index < -0.39 is 0 Å². The Morgan fingerprint density at radius 3 is 2.47 bits per heavy atom. The van der Waals surface area contributed by atoms with E-state index in [2.05, 4.69) is 24.4 Å². The van der Waals surface area contributed by atoms with Gasteiger partial charge in [-0.1, -0.05) is 30.7 Å². The fourth-order valence-electron chi connectivity index (χ4n) is 2.34. The van der Waals surface area contributed by atoms with E-state index in [0.29, 0.717) is 5.92 Å². The van der Waals surface area contributed by atoms with E-state index in [-0.39, 0.29) is 12.1 Å². The molecule has 1 saturated carbocycles. The highest BCUT2D eigenvalue weighted by atomic mass is 35.5. The largest absolute Gasteiger partial charge is 0.379 e. The molecule has 0 spiro atoms. The van der Waals surface area contributed by atoms with Gasteiger partial charge in [-0.2, -0.15) is 0 Å². The summed E-state index contributed by atoms with van der Waals surface area (Å²) in [5.74, 6) is 0.708. The Morgan fingerprint density at radius 2 is 2.00 bits per heavy atom.